The van der Waals surface area contributed by atoms with Crippen molar-refractivity contribution < 1.29 is 0 Å². The second-order valence-electron chi connectivity index (χ2n) is 1.63. The Morgan fingerprint density at radius 3 is 2.78 bits per heavy atom. The number of rotatable bonds is 0. The minimum Gasteiger partial charge on any atom is -0.358 e. The van der Waals surface area contributed by atoms with Gasteiger partial charge in [0.25, 0.3) is 0 Å². The molecule has 0 unspecified atom stereocenters. The zero-order valence-corrected chi connectivity index (χ0v) is 6.01. The minimum absolute atomic E-state index is 0. The molecule has 0 aliphatic heterocycles. The third-order valence-corrected chi connectivity index (χ3v) is 0.994. The van der Waals surface area contributed by atoms with E-state index in [4.69, 9.17) is 0 Å². The average Bonchev–Trinajstić information content (AvgIpc) is 1.90. The van der Waals surface area contributed by atoms with E-state index in [1.54, 1.807) is 0 Å². The zero-order valence-electron chi connectivity index (χ0n) is 6.01. The third kappa shape index (κ3) is 5.39. The maximum Gasteiger partial charge on any atom is 2.00 e. The average molecular weight is 117 g/mol. The van der Waals surface area contributed by atoms with E-state index in [1.165, 1.54) is 12.8 Å². The van der Waals surface area contributed by atoms with Gasteiger partial charge in [0.05, 0.1) is 0 Å². The fourth-order valence-corrected chi connectivity index (χ4v) is 0.606. The van der Waals surface area contributed by atoms with Gasteiger partial charge in [-0.25, -0.2) is 18.6 Å². The van der Waals surface area contributed by atoms with Gasteiger partial charge in [-0.05, 0) is 6.42 Å². The van der Waals surface area contributed by atoms with Crippen LogP contribution in [0.15, 0.2) is 24.3 Å². The predicted molar refractivity (Wildman–Crippen MR) is 44.0 cm³/mol. The fraction of sp³-hybridized carbons (Fsp3) is 0.250. The second kappa shape index (κ2) is 7.52. The molecule has 46 valence electrons. The van der Waals surface area contributed by atoms with Crippen molar-refractivity contribution >= 4 is 10.1 Å². The van der Waals surface area contributed by atoms with Crippen molar-refractivity contribution in [3.63, 3.8) is 0 Å². The molecule has 1 aliphatic carbocycles. The molecule has 0 heterocycles. The summed E-state index contributed by atoms with van der Waals surface area (Å²) in [6, 6.07) is 0. The monoisotopic (exact) mass is 117 g/mol. The minimum atomic E-state index is 0. The molecule has 0 saturated heterocycles. The zero-order chi connectivity index (χ0) is 4.95. The normalized spacial score (nSPS) is 14.2. The van der Waals surface area contributed by atoms with Gasteiger partial charge in [-0.3, -0.25) is 0 Å². The van der Waals surface area contributed by atoms with Gasteiger partial charge < -0.3 is 7.43 Å². The Labute approximate surface area is 61.9 Å². The summed E-state index contributed by atoms with van der Waals surface area (Å²) in [5, 5.41) is 0. The Kier molecular flexibility index (Phi) is 9.47. The van der Waals surface area contributed by atoms with Crippen LogP contribution in [0.1, 0.15) is 12.8 Å². The Hall–Kier alpha value is -0.481. The summed E-state index contributed by atoms with van der Waals surface area (Å²) in [4.78, 5) is 0. The molecule has 0 aromatic rings. The molecule has 0 bridgehead atoms. The summed E-state index contributed by atoms with van der Waals surface area (Å²) in [5.41, 5.74) is 0. The van der Waals surface area contributed by atoms with E-state index in [0.29, 0.717) is 0 Å². The van der Waals surface area contributed by atoms with Crippen LogP contribution in [0.4, 0.5) is 0 Å². The molecule has 0 atom stereocenters. The van der Waals surface area contributed by atoms with Gasteiger partial charge in [-0.2, -0.15) is 0 Å². The van der Waals surface area contributed by atoms with E-state index in [1.807, 2.05) is 0 Å². The van der Waals surface area contributed by atoms with Crippen LogP contribution < -0.4 is 0 Å². The Balaban J connectivity index is 0. The number of allylic oxidation sites excluding steroid dienone is 4. The van der Waals surface area contributed by atoms with E-state index in [9.17, 15) is 0 Å². The van der Waals surface area contributed by atoms with Crippen LogP contribution >= 0.6 is 0 Å². The van der Waals surface area contributed by atoms with Crippen molar-refractivity contribution in [3.05, 3.63) is 38.2 Å². The Bertz CT molecular complexity index is 80.7. The van der Waals surface area contributed by atoms with Gasteiger partial charge in [0.15, 0.2) is 0 Å². The smallest absolute Gasteiger partial charge is 0.358 e. The Morgan fingerprint density at radius 2 is 2.00 bits per heavy atom. The fourth-order valence-electron chi connectivity index (χ4n) is 0.606. The molecule has 0 saturated carbocycles. The van der Waals surface area contributed by atoms with Crippen LogP contribution in [-0.4, -0.2) is 10.1 Å². The molecule has 0 aromatic carbocycles. The first-order valence-corrected chi connectivity index (χ1v) is 2.65. The molecule has 0 aromatic heterocycles. The van der Waals surface area contributed by atoms with Gasteiger partial charge in [0.1, 0.15) is 0 Å². The van der Waals surface area contributed by atoms with Crippen LogP contribution in [0, 0.1) is 13.8 Å². The maximum absolute atomic E-state index is 2.18. The van der Waals surface area contributed by atoms with Crippen LogP contribution in [0.2, 0.25) is 0 Å². The predicted octanol–water partition coefficient (Wildman–Crippen LogP) is 2.17. The quantitative estimate of drug-likeness (QED) is 0.337. The molecule has 1 aliphatic rings. The molecular weight excluding hydrogens is 105 g/mol. The molecule has 0 amide bonds. The summed E-state index contributed by atoms with van der Waals surface area (Å²) in [6.07, 6.45) is 13.0. The second-order valence-corrected chi connectivity index (χ2v) is 1.63. The van der Waals surface area contributed by atoms with Crippen molar-refractivity contribution in [1.29, 1.82) is 0 Å². The molecule has 9 heavy (non-hydrogen) atoms. The van der Waals surface area contributed by atoms with Crippen LogP contribution in [0.5, 0.6) is 0 Å². The van der Waals surface area contributed by atoms with Crippen LogP contribution in [-0.2, 0) is 0 Å². The van der Waals surface area contributed by atoms with E-state index in [-0.39, 0.29) is 17.5 Å². The van der Waals surface area contributed by atoms with Crippen molar-refractivity contribution in [1.82, 2.24) is 0 Å². The molecule has 0 spiro atoms. The molecule has 0 fully saturated rings. The molecule has 0 N–H and O–H groups in total. The van der Waals surface area contributed by atoms with Crippen molar-refractivity contribution in [3.8, 4) is 0 Å². The van der Waals surface area contributed by atoms with E-state index >= 15 is 0 Å². The Morgan fingerprint density at radius 1 is 1.22 bits per heavy atom. The number of hydrogen-bond donors (Lipinski definition) is 0. The van der Waals surface area contributed by atoms with Gasteiger partial charge in [0, 0.05) is 0 Å². The summed E-state index contributed by atoms with van der Waals surface area (Å²) in [6.45, 7) is 0. The van der Waals surface area contributed by atoms with E-state index in [2.05, 4.69) is 30.7 Å². The first-order valence-electron chi connectivity index (χ1n) is 2.65. The third-order valence-electron chi connectivity index (χ3n) is 0.994. The van der Waals surface area contributed by atoms with Crippen molar-refractivity contribution in [2.45, 2.75) is 12.8 Å². The first-order chi connectivity index (χ1) is 3.50. The molecule has 0 nitrogen and oxygen atoms in total. The summed E-state index contributed by atoms with van der Waals surface area (Å²) < 4.78 is 0. The molecule has 0 radical (unpaired) electrons. The SMILES string of the molecule is C1=C[CH-]CCC=C1.[Be+2].[CH3-]. The van der Waals surface area contributed by atoms with Gasteiger partial charge in [-0.1, -0.05) is 6.42 Å². The summed E-state index contributed by atoms with van der Waals surface area (Å²) in [5.74, 6) is 0. The van der Waals surface area contributed by atoms with Crippen LogP contribution in [0.3, 0.4) is 0 Å². The van der Waals surface area contributed by atoms with E-state index in [0.717, 1.165) is 0 Å². The first kappa shape index (κ1) is 11.3. The van der Waals surface area contributed by atoms with Gasteiger partial charge in [0.2, 0.25) is 0 Å². The van der Waals surface area contributed by atoms with Crippen LogP contribution in [0.25, 0.3) is 0 Å². The van der Waals surface area contributed by atoms with Crippen molar-refractivity contribution in [2.24, 2.45) is 0 Å². The van der Waals surface area contributed by atoms with Gasteiger partial charge in [-0.15, -0.1) is 12.2 Å². The number of hydrogen-bond acceptors (Lipinski definition) is 0. The van der Waals surface area contributed by atoms with E-state index < -0.39 is 0 Å². The van der Waals surface area contributed by atoms with Gasteiger partial charge >= 0.3 is 10.1 Å². The standard InChI is InChI=1S/C7H9.CH3.Be/c1-2-4-6-7-5-3-1;;/h1-5H,6-7H2;1H3;/q2*-1;+2. The molecule has 1 rings (SSSR count). The largest absolute Gasteiger partial charge is 2.00 e. The summed E-state index contributed by atoms with van der Waals surface area (Å²) >= 11 is 0. The molecule has 1 heteroatoms. The van der Waals surface area contributed by atoms with Crippen molar-refractivity contribution in [2.75, 3.05) is 0 Å². The summed E-state index contributed by atoms with van der Waals surface area (Å²) in [7, 11) is 0. The topological polar surface area (TPSA) is 0 Å². The maximum atomic E-state index is 2.18. The molecular formula is C8H12Be.